The van der Waals surface area contributed by atoms with Gasteiger partial charge in [0.05, 0.1) is 12.7 Å². The quantitative estimate of drug-likeness (QED) is 0.502. The normalized spacial score (nSPS) is 32.7. The maximum absolute atomic E-state index is 11.6. The van der Waals surface area contributed by atoms with Crippen LogP contribution in [0.15, 0.2) is 0 Å². The molecule has 2 unspecified atom stereocenters. The van der Waals surface area contributed by atoms with E-state index in [9.17, 15) is 18.9 Å². The first kappa shape index (κ1) is 18.3. The Morgan fingerprint density at radius 1 is 1.40 bits per heavy atom. The Kier molecular flexibility index (Phi) is 6.89. The van der Waals surface area contributed by atoms with Crippen LogP contribution in [0.3, 0.4) is 0 Å². The van der Waals surface area contributed by atoms with Gasteiger partial charge in [-0.1, -0.05) is 6.92 Å². The SMILES string of the molecule is [B][C@H]1C[C@H](OP(=O)(O)OC)[C@@H](COP(=O)(O)CCC)O1. The van der Waals surface area contributed by atoms with Gasteiger partial charge in [0.15, 0.2) is 0 Å². The van der Waals surface area contributed by atoms with E-state index in [1.807, 2.05) is 0 Å². The van der Waals surface area contributed by atoms with E-state index >= 15 is 0 Å². The summed E-state index contributed by atoms with van der Waals surface area (Å²) in [7, 11) is -1.27. The van der Waals surface area contributed by atoms with Crippen LogP contribution in [0.5, 0.6) is 0 Å². The first-order chi connectivity index (χ1) is 9.19. The molecule has 8 nitrogen and oxygen atoms in total. The lowest BCUT2D eigenvalue weighted by atomic mass is 9.96. The zero-order chi connectivity index (χ0) is 15.4. The minimum absolute atomic E-state index is 0.0217. The van der Waals surface area contributed by atoms with Gasteiger partial charge in [-0.2, -0.15) is 0 Å². The zero-order valence-corrected chi connectivity index (χ0v) is 13.2. The molecule has 11 heteroatoms. The van der Waals surface area contributed by atoms with E-state index in [-0.39, 0.29) is 19.2 Å². The van der Waals surface area contributed by atoms with Crippen molar-refractivity contribution in [3.8, 4) is 0 Å². The molecule has 0 bridgehead atoms. The third-order valence-electron chi connectivity index (χ3n) is 2.67. The fraction of sp³-hybridized carbons (Fsp3) is 1.00. The molecule has 0 aromatic rings. The Morgan fingerprint density at radius 3 is 2.60 bits per heavy atom. The Balaban J connectivity index is 2.58. The molecule has 20 heavy (non-hydrogen) atoms. The monoisotopic (exact) mass is 328 g/mol. The van der Waals surface area contributed by atoms with Crippen LogP contribution >= 0.6 is 15.4 Å². The van der Waals surface area contributed by atoms with Gasteiger partial charge in [0.25, 0.3) is 0 Å². The third kappa shape index (κ3) is 5.96. The van der Waals surface area contributed by atoms with Crippen molar-refractivity contribution < 1.29 is 37.2 Å². The van der Waals surface area contributed by atoms with Gasteiger partial charge in [-0.05, 0) is 12.8 Å². The minimum atomic E-state index is -4.19. The van der Waals surface area contributed by atoms with Gasteiger partial charge in [-0.25, -0.2) is 4.57 Å². The molecular weight excluding hydrogens is 309 g/mol. The topological polar surface area (TPSA) is 112 Å². The molecule has 2 radical (unpaired) electrons. The highest BCUT2D eigenvalue weighted by molar-refractivity contribution is 7.52. The summed E-state index contributed by atoms with van der Waals surface area (Å²) < 4.78 is 42.3. The van der Waals surface area contributed by atoms with E-state index < -0.39 is 33.6 Å². The van der Waals surface area contributed by atoms with Gasteiger partial charge >= 0.3 is 15.4 Å². The molecule has 0 amide bonds. The van der Waals surface area contributed by atoms with E-state index in [0.717, 1.165) is 7.11 Å². The summed E-state index contributed by atoms with van der Waals surface area (Å²) in [5.41, 5.74) is 0. The Labute approximate surface area is 119 Å². The van der Waals surface area contributed by atoms with Crippen molar-refractivity contribution in [2.45, 2.75) is 38.0 Å². The van der Waals surface area contributed by atoms with Gasteiger partial charge < -0.3 is 19.0 Å². The van der Waals surface area contributed by atoms with Gasteiger partial charge in [-0.15, -0.1) is 0 Å². The lowest BCUT2D eigenvalue weighted by molar-refractivity contribution is -0.00175. The lowest BCUT2D eigenvalue weighted by Gasteiger charge is -2.21. The van der Waals surface area contributed by atoms with Crippen molar-refractivity contribution >= 4 is 23.3 Å². The second kappa shape index (κ2) is 7.52. The number of hydrogen-bond donors (Lipinski definition) is 2. The first-order valence-corrected chi connectivity index (χ1v) is 9.39. The van der Waals surface area contributed by atoms with Crippen LogP contribution in [-0.2, 0) is 27.4 Å². The van der Waals surface area contributed by atoms with Crippen molar-refractivity contribution in [2.24, 2.45) is 0 Å². The summed E-state index contributed by atoms with van der Waals surface area (Å²) in [6.07, 6.45) is -0.978. The van der Waals surface area contributed by atoms with Crippen molar-refractivity contribution in [1.29, 1.82) is 0 Å². The van der Waals surface area contributed by atoms with Crippen LogP contribution in [0, 0.1) is 0 Å². The van der Waals surface area contributed by atoms with Crippen molar-refractivity contribution in [2.75, 3.05) is 19.9 Å². The fourth-order valence-corrected chi connectivity index (χ4v) is 3.48. The summed E-state index contributed by atoms with van der Waals surface area (Å²) in [6.45, 7) is 1.50. The maximum atomic E-state index is 11.6. The lowest BCUT2D eigenvalue weighted by Crippen LogP contribution is -2.28. The largest absolute Gasteiger partial charge is 0.472 e. The summed E-state index contributed by atoms with van der Waals surface area (Å²) in [5.74, 6) is 0. The molecule has 2 N–H and O–H groups in total. The summed E-state index contributed by atoms with van der Waals surface area (Å²) in [4.78, 5) is 18.8. The summed E-state index contributed by atoms with van der Waals surface area (Å²) >= 11 is 0. The second-order valence-electron chi connectivity index (χ2n) is 4.40. The van der Waals surface area contributed by atoms with Crippen LogP contribution in [0.4, 0.5) is 0 Å². The third-order valence-corrected chi connectivity index (χ3v) is 5.24. The Hall–Kier alpha value is 0.285. The standard InChI is InChI=1S/C9H19BO8P2/c1-3-4-19(11,12)16-6-8-7(5-9(10)17-8)18-20(13,14)15-2/h7-9H,3-6H2,1-2H3,(H,11,12)(H,13,14)/t7-,8+,9+/m0/s1. The fourth-order valence-electron chi connectivity index (χ4n) is 1.76. The first-order valence-electron chi connectivity index (χ1n) is 6.13. The van der Waals surface area contributed by atoms with Gasteiger partial charge in [0, 0.05) is 19.3 Å². The second-order valence-corrected chi connectivity index (χ2v) is 7.89. The molecule has 1 saturated heterocycles. The highest BCUT2D eigenvalue weighted by Gasteiger charge is 2.39. The van der Waals surface area contributed by atoms with Gasteiger partial charge in [0.2, 0.25) is 0 Å². The zero-order valence-electron chi connectivity index (χ0n) is 11.4. The Bertz CT molecular complexity index is 405. The summed E-state index contributed by atoms with van der Waals surface area (Å²) in [6, 6.07) is -0.699. The molecule has 1 heterocycles. The van der Waals surface area contributed by atoms with Gasteiger partial charge in [0.1, 0.15) is 14.0 Å². The molecule has 0 saturated carbocycles. The predicted molar refractivity (Wildman–Crippen MR) is 71.7 cm³/mol. The van der Waals surface area contributed by atoms with Crippen molar-refractivity contribution in [1.82, 2.24) is 0 Å². The van der Waals surface area contributed by atoms with Crippen molar-refractivity contribution in [3.63, 3.8) is 0 Å². The highest BCUT2D eigenvalue weighted by atomic mass is 31.2. The number of rotatable bonds is 8. The maximum Gasteiger partial charge on any atom is 0.472 e. The smallest absolute Gasteiger partial charge is 0.380 e. The Morgan fingerprint density at radius 2 is 2.05 bits per heavy atom. The van der Waals surface area contributed by atoms with E-state index in [1.54, 1.807) is 6.92 Å². The van der Waals surface area contributed by atoms with Crippen LogP contribution in [0.2, 0.25) is 0 Å². The summed E-state index contributed by atoms with van der Waals surface area (Å²) in [5, 5.41) is 0. The average molecular weight is 328 g/mol. The molecule has 5 atom stereocenters. The average Bonchev–Trinajstić information content (AvgIpc) is 2.66. The van der Waals surface area contributed by atoms with E-state index in [0.29, 0.717) is 6.42 Å². The highest BCUT2D eigenvalue weighted by Crippen LogP contribution is 2.47. The van der Waals surface area contributed by atoms with Crippen LogP contribution < -0.4 is 0 Å². The molecule has 1 fully saturated rings. The van der Waals surface area contributed by atoms with E-state index in [1.165, 1.54) is 0 Å². The molecule has 0 aromatic heterocycles. The van der Waals surface area contributed by atoms with E-state index in [2.05, 4.69) is 4.52 Å². The molecular formula is C9H19BO8P2. The van der Waals surface area contributed by atoms with Crippen molar-refractivity contribution in [3.05, 3.63) is 0 Å². The number of hydrogen-bond acceptors (Lipinski definition) is 6. The van der Waals surface area contributed by atoms with Gasteiger partial charge in [-0.3, -0.25) is 13.6 Å². The van der Waals surface area contributed by atoms with E-state index in [4.69, 9.17) is 21.6 Å². The minimum Gasteiger partial charge on any atom is -0.380 e. The molecule has 1 aliphatic heterocycles. The molecule has 0 aliphatic carbocycles. The van der Waals surface area contributed by atoms with Crippen LogP contribution in [0.25, 0.3) is 0 Å². The molecule has 0 spiro atoms. The number of phosphoric acid groups is 1. The number of phosphoric ester groups is 1. The molecule has 116 valence electrons. The molecule has 1 rings (SSSR count). The molecule has 1 aliphatic rings. The molecule has 0 aromatic carbocycles. The van der Waals surface area contributed by atoms with Crippen LogP contribution in [0.1, 0.15) is 19.8 Å². The van der Waals surface area contributed by atoms with Crippen LogP contribution in [-0.4, -0.2) is 55.7 Å². The predicted octanol–water partition coefficient (Wildman–Crippen LogP) is 1.01. The number of ether oxygens (including phenoxy) is 1.